The summed E-state index contributed by atoms with van der Waals surface area (Å²) < 4.78 is 11.4. The van der Waals surface area contributed by atoms with Gasteiger partial charge in [0.05, 0.1) is 25.3 Å². The monoisotopic (exact) mass is 401 g/mol. The Morgan fingerprint density at radius 3 is 2.45 bits per heavy atom. The molecule has 0 spiro atoms. The zero-order valence-corrected chi connectivity index (χ0v) is 18.5. The second-order valence-electron chi connectivity index (χ2n) is 8.45. The van der Waals surface area contributed by atoms with E-state index in [2.05, 4.69) is 54.6 Å². The van der Waals surface area contributed by atoms with Crippen molar-refractivity contribution in [2.75, 3.05) is 13.1 Å². The standard InChI is InChI=1S/C23H35N3O3/c1-7-24-21(26-16-23(6,27)20-12-11-17(2)29-20)25-14-18-9-8-10-19(13-18)15-28-22(3,4)5/h8-13,27H,7,14-16H2,1-6H3,(H2,24,25,26). The molecular formula is C23H35N3O3. The van der Waals surface area contributed by atoms with E-state index in [1.54, 1.807) is 13.0 Å². The number of aliphatic hydroxyl groups is 1. The first kappa shape index (κ1) is 23.0. The SMILES string of the molecule is CCNC(=NCc1cccc(COC(C)(C)C)c1)NCC(C)(O)c1ccc(C)o1. The average Bonchev–Trinajstić information content (AvgIpc) is 3.09. The second-order valence-corrected chi connectivity index (χ2v) is 8.45. The summed E-state index contributed by atoms with van der Waals surface area (Å²) in [6.07, 6.45) is 0. The van der Waals surface area contributed by atoms with Gasteiger partial charge < -0.3 is 24.9 Å². The van der Waals surface area contributed by atoms with Crippen molar-refractivity contribution >= 4 is 5.96 Å². The van der Waals surface area contributed by atoms with Gasteiger partial charge in [-0.2, -0.15) is 0 Å². The van der Waals surface area contributed by atoms with E-state index in [1.165, 1.54) is 0 Å². The van der Waals surface area contributed by atoms with Crippen molar-refractivity contribution < 1.29 is 14.3 Å². The first-order chi connectivity index (χ1) is 13.6. The molecule has 29 heavy (non-hydrogen) atoms. The highest BCUT2D eigenvalue weighted by Gasteiger charge is 2.27. The van der Waals surface area contributed by atoms with Gasteiger partial charge in [0.15, 0.2) is 5.96 Å². The van der Waals surface area contributed by atoms with Gasteiger partial charge in [0, 0.05) is 6.54 Å². The second kappa shape index (κ2) is 9.94. The number of guanidine groups is 1. The van der Waals surface area contributed by atoms with E-state index in [1.807, 2.05) is 26.0 Å². The number of hydrogen-bond donors (Lipinski definition) is 3. The third-order valence-corrected chi connectivity index (χ3v) is 4.30. The van der Waals surface area contributed by atoms with Crippen LogP contribution in [0.5, 0.6) is 0 Å². The Bertz CT molecular complexity index is 804. The third-order valence-electron chi connectivity index (χ3n) is 4.30. The smallest absolute Gasteiger partial charge is 0.191 e. The summed E-state index contributed by atoms with van der Waals surface area (Å²) in [5, 5.41) is 17.1. The summed E-state index contributed by atoms with van der Waals surface area (Å²) >= 11 is 0. The van der Waals surface area contributed by atoms with E-state index in [-0.39, 0.29) is 12.1 Å². The molecule has 1 aromatic heterocycles. The van der Waals surface area contributed by atoms with Gasteiger partial charge in [-0.05, 0) is 64.8 Å². The van der Waals surface area contributed by atoms with E-state index in [0.717, 1.165) is 23.4 Å². The van der Waals surface area contributed by atoms with Gasteiger partial charge in [-0.1, -0.05) is 24.3 Å². The molecular weight excluding hydrogens is 366 g/mol. The van der Waals surface area contributed by atoms with Crippen LogP contribution in [-0.4, -0.2) is 29.8 Å². The summed E-state index contributed by atoms with van der Waals surface area (Å²) in [5.74, 6) is 1.95. The summed E-state index contributed by atoms with van der Waals surface area (Å²) in [6.45, 7) is 13.9. The molecule has 6 nitrogen and oxygen atoms in total. The van der Waals surface area contributed by atoms with Crippen LogP contribution in [0.25, 0.3) is 0 Å². The quantitative estimate of drug-likeness (QED) is 0.462. The maximum atomic E-state index is 10.7. The number of aryl methyl sites for hydroxylation is 1. The van der Waals surface area contributed by atoms with Gasteiger partial charge >= 0.3 is 0 Å². The molecule has 1 aromatic carbocycles. The van der Waals surface area contributed by atoms with Crippen molar-refractivity contribution in [1.82, 2.24) is 10.6 Å². The molecule has 0 saturated heterocycles. The minimum Gasteiger partial charge on any atom is -0.463 e. The molecule has 0 aliphatic heterocycles. The predicted octanol–water partition coefficient (Wildman–Crippen LogP) is 3.87. The van der Waals surface area contributed by atoms with Crippen molar-refractivity contribution in [2.45, 2.75) is 65.9 Å². The minimum absolute atomic E-state index is 0.167. The fourth-order valence-electron chi connectivity index (χ4n) is 2.70. The lowest BCUT2D eigenvalue weighted by Crippen LogP contribution is -2.44. The first-order valence-corrected chi connectivity index (χ1v) is 10.1. The number of rotatable bonds is 8. The van der Waals surface area contributed by atoms with E-state index in [4.69, 9.17) is 9.15 Å². The Kier molecular flexibility index (Phi) is 7.88. The lowest BCUT2D eigenvalue weighted by Gasteiger charge is -2.23. The molecule has 1 unspecified atom stereocenters. The predicted molar refractivity (Wildman–Crippen MR) is 117 cm³/mol. The summed E-state index contributed by atoms with van der Waals surface area (Å²) in [6, 6.07) is 11.9. The summed E-state index contributed by atoms with van der Waals surface area (Å²) in [7, 11) is 0. The van der Waals surface area contributed by atoms with E-state index in [0.29, 0.717) is 24.9 Å². The Labute approximate surface area is 174 Å². The molecule has 1 heterocycles. The molecule has 1 atom stereocenters. The maximum Gasteiger partial charge on any atom is 0.191 e. The molecule has 0 aliphatic carbocycles. The molecule has 6 heteroatoms. The van der Waals surface area contributed by atoms with Crippen molar-refractivity contribution in [1.29, 1.82) is 0 Å². The molecule has 0 amide bonds. The molecule has 0 fully saturated rings. The Morgan fingerprint density at radius 2 is 1.83 bits per heavy atom. The van der Waals surface area contributed by atoms with Crippen LogP contribution in [0.3, 0.4) is 0 Å². The van der Waals surface area contributed by atoms with Crippen LogP contribution in [0.2, 0.25) is 0 Å². The highest BCUT2D eigenvalue weighted by atomic mass is 16.5. The largest absolute Gasteiger partial charge is 0.463 e. The number of hydrogen-bond acceptors (Lipinski definition) is 4. The minimum atomic E-state index is -1.13. The van der Waals surface area contributed by atoms with Gasteiger partial charge in [-0.3, -0.25) is 0 Å². The zero-order chi connectivity index (χ0) is 21.5. The van der Waals surface area contributed by atoms with Gasteiger partial charge in [0.25, 0.3) is 0 Å². The van der Waals surface area contributed by atoms with Crippen molar-refractivity contribution in [2.24, 2.45) is 4.99 Å². The van der Waals surface area contributed by atoms with Crippen LogP contribution in [0.15, 0.2) is 45.8 Å². The maximum absolute atomic E-state index is 10.7. The van der Waals surface area contributed by atoms with Crippen LogP contribution < -0.4 is 10.6 Å². The van der Waals surface area contributed by atoms with Crippen LogP contribution in [0, 0.1) is 6.92 Å². The van der Waals surface area contributed by atoms with E-state index < -0.39 is 5.60 Å². The molecule has 0 aliphatic rings. The number of nitrogens with one attached hydrogen (secondary N) is 2. The normalized spacial score (nSPS) is 14.5. The van der Waals surface area contributed by atoms with Gasteiger partial charge in [-0.25, -0.2) is 4.99 Å². The molecule has 0 saturated carbocycles. The molecule has 2 rings (SSSR count). The summed E-state index contributed by atoms with van der Waals surface area (Å²) in [5.41, 5.74) is 0.932. The van der Waals surface area contributed by atoms with Crippen LogP contribution in [0.4, 0.5) is 0 Å². The van der Waals surface area contributed by atoms with E-state index >= 15 is 0 Å². The van der Waals surface area contributed by atoms with E-state index in [9.17, 15) is 5.11 Å². The zero-order valence-electron chi connectivity index (χ0n) is 18.5. The Balaban J connectivity index is 2.00. The first-order valence-electron chi connectivity index (χ1n) is 10.1. The van der Waals surface area contributed by atoms with Gasteiger partial charge in [0.2, 0.25) is 0 Å². The fourth-order valence-corrected chi connectivity index (χ4v) is 2.70. The molecule has 3 N–H and O–H groups in total. The molecule has 160 valence electrons. The highest BCUT2D eigenvalue weighted by molar-refractivity contribution is 5.79. The molecule has 0 radical (unpaired) electrons. The van der Waals surface area contributed by atoms with Crippen molar-refractivity contribution in [3.05, 3.63) is 59.0 Å². The van der Waals surface area contributed by atoms with Crippen molar-refractivity contribution in [3.63, 3.8) is 0 Å². The van der Waals surface area contributed by atoms with Crippen LogP contribution >= 0.6 is 0 Å². The lowest BCUT2D eigenvalue weighted by molar-refractivity contribution is -0.0149. The molecule has 2 aromatic rings. The number of furan rings is 1. The average molecular weight is 402 g/mol. The van der Waals surface area contributed by atoms with Gasteiger partial charge in [-0.15, -0.1) is 0 Å². The lowest BCUT2D eigenvalue weighted by atomic mass is 10.0. The topological polar surface area (TPSA) is 79.0 Å². The fraction of sp³-hybridized carbons (Fsp3) is 0.522. The Morgan fingerprint density at radius 1 is 1.10 bits per heavy atom. The van der Waals surface area contributed by atoms with Crippen LogP contribution in [0.1, 0.15) is 57.3 Å². The number of nitrogens with zero attached hydrogens (tertiary/aromatic N) is 1. The number of aliphatic imine (C=N–C) groups is 1. The molecule has 0 bridgehead atoms. The number of benzene rings is 1. The number of ether oxygens (including phenoxy) is 1. The van der Waals surface area contributed by atoms with Gasteiger partial charge in [0.1, 0.15) is 17.1 Å². The summed E-state index contributed by atoms with van der Waals surface area (Å²) in [4.78, 5) is 4.65. The highest BCUT2D eigenvalue weighted by Crippen LogP contribution is 2.22. The van der Waals surface area contributed by atoms with Crippen LogP contribution in [-0.2, 0) is 23.5 Å². The third kappa shape index (κ3) is 7.91. The Hall–Kier alpha value is -2.31. The van der Waals surface area contributed by atoms with Crippen molar-refractivity contribution in [3.8, 4) is 0 Å².